The SMILES string of the molecule is C=C(C)C(=O)OCCSCCC(=O)O. The van der Waals surface area contributed by atoms with Crippen molar-refractivity contribution in [1.82, 2.24) is 0 Å². The van der Waals surface area contributed by atoms with Crippen molar-refractivity contribution in [3.63, 3.8) is 0 Å². The van der Waals surface area contributed by atoms with Crippen LogP contribution in [-0.2, 0) is 14.3 Å². The summed E-state index contributed by atoms with van der Waals surface area (Å²) in [7, 11) is 0. The highest BCUT2D eigenvalue weighted by molar-refractivity contribution is 7.99. The molecule has 0 radical (unpaired) electrons. The lowest BCUT2D eigenvalue weighted by molar-refractivity contribution is -0.138. The maximum absolute atomic E-state index is 10.9. The quantitative estimate of drug-likeness (QED) is 0.396. The first-order valence-electron chi connectivity index (χ1n) is 4.16. The third-order valence-corrected chi connectivity index (χ3v) is 2.22. The largest absolute Gasteiger partial charge is 0.481 e. The summed E-state index contributed by atoms with van der Waals surface area (Å²) in [4.78, 5) is 21.0. The van der Waals surface area contributed by atoms with E-state index in [1.54, 1.807) is 6.92 Å². The van der Waals surface area contributed by atoms with Gasteiger partial charge in [0.2, 0.25) is 0 Å². The average molecular weight is 218 g/mol. The zero-order chi connectivity index (χ0) is 11.0. The van der Waals surface area contributed by atoms with Crippen LogP contribution in [0.4, 0.5) is 0 Å². The molecule has 14 heavy (non-hydrogen) atoms. The molecule has 80 valence electrons. The number of thioether (sulfide) groups is 1. The van der Waals surface area contributed by atoms with Crippen molar-refractivity contribution in [2.45, 2.75) is 13.3 Å². The van der Waals surface area contributed by atoms with E-state index >= 15 is 0 Å². The number of carbonyl (C=O) groups excluding carboxylic acids is 1. The third-order valence-electron chi connectivity index (χ3n) is 1.27. The van der Waals surface area contributed by atoms with E-state index in [0.717, 1.165) is 0 Å². The molecule has 0 amide bonds. The number of carboxylic acids is 1. The molecule has 0 heterocycles. The highest BCUT2D eigenvalue weighted by atomic mass is 32.2. The predicted molar refractivity (Wildman–Crippen MR) is 55.4 cm³/mol. The molecule has 5 heteroatoms. The standard InChI is InChI=1S/C9H14O4S/c1-7(2)9(12)13-4-6-14-5-3-8(10)11/h1,3-6H2,2H3,(H,10,11). The van der Waals surface area contributed by atoms with Gasteiger partial charge in [0.15, 0.2) is 0 Å². The molecule has 0 rings (SSSR count). The van der Waals surface area contributed by atoms with Crippen LogP contribution in [-0.4, -0.2) is 35.2 Å². The van der Waals surface area contributed by atoms with Gasteiger partial charge in [-0.25, -0.2) is 4.79 Å². The zero-order valence-electron chi connectivity index (χ0n) is 8.12. The molecule has 0 aliphatic rings. The van der Waals surface area contributed by atoms with Crippen molar-refractivity contribution in [2.24, 2.45) is 0 Å². The average Bonchev–Trinajstić information content (AvgIpc) is 2.09. The molecule has 0 aromatic carbocycles. The van der Waals surface area contributed by atoms with Crippen LogP contribution in [0.15, 0.2) is 12.2 Å². The van der Waals surface area contributed by atoms with E-state index in [9.17, 15) is 9.59 Å². The molecule has 4 nitrogen and oxygen atoms in total. The molecule has 0 aromatic rings. The summed E-state index contributed by atoms with van der Waals surface area (Å²) < 4.78 is 4.80. The fourth-order valence-electron chi connectivity index (χ4n) is 0.578. The zero-order valence-corrected chi connectivity index (χ0v) is 8.93. The fourth-order valence-corrected chi connectivity index (χ4v) is 1.30. The predicted octanol–water partition coefficient (Wildman–Crippen LogP) is 1.31. The van der Waals surface area contributed by atoms with E-state index < -0.39 is 11.9 Å². The number of rotatable bonds is 7. The van der Waals surface area contributed by atoms with Crippen LogP contribution in [0.2, 0.25) is 0 Å². The molecule has 0 atom stereocenters. The minimum absolute atomic E-state index is 0.138. The Hall–Kier alpha value is -0.970. The maximum atomic E-state index is 10.9. The lowest BCUT2D eigenvalue weighted by Gasteiger charge is -2.03. The van der Waals surface area contributed by atoms with Crippen LogP contribution in [0.25, 0.3) is 0 Å². The Bertz CT molecular complexity index is 225. The molecule has 0 unspecified atom stereocenters. The summed E-state index contributed by atoms with van der Waals surface area (Å²) in [6.07, 6.45) is 0.138. The van der Waals surface area contributed by atoms with Crippen LogP contribution >= 0.6 is 11.8 Å². The van der Waals surface area contributed by atoms with E-state index in [0.29, 0.717) is 23.7 Å². The van der Waals surface area contributed by atoms with Gasteiger partial charge in [0.1, 0.15) is 6.61 Å². The van der Waals surface area contributed by atoms with Crippen molar-refractivity contribution >= 4 is 23.7 Å². The van der Waals surface area contributed by atoms with Gasteiger partial charge < -0.3 is 9.84 Å². The van der Waals surface area contributed by atoms with Gasteiger partial charge in [-0.3, -0.25) is 4.79 Å². The van der Waals surface area contributed by atoms with Gasteiger partial charge in [0.05, 0.1) is 6.42 Å². The van der Waals surface area contributed by atoms with Gasteiger partial charge >= 0.3 is 11.9 Å². The number of carboxylic acid groups (broad SMARTS) is 1. The molecule has 0 aromatic heterocycles. The highest BCUT2D eigenvalue weighted by Gasteiger charge is 2.02. The van der Waals surface area contributed by atoms with E-state index in [-0.39, 0.29) is 6.42 Å². The second-order valence-corrected chi connectivity index (χ2v) is 3.90. The number of ether oxygens (including phenoxy) is 1. The normalized spacial score (nSPS) is 9.50. The molecule has 0 bridgehead atoms. The van der Waals surface area contributed by atoms with Crippen LogP contribution in [0.3, 0.4) is 0 Å². The Morgan fingerprint density at radius 3 is 2.57 bits per heavy atom. The minimum Gasteiger partial charge on any atom is -0.481 e. The van der Waals surface area contributed by atoms with Gasteiger partial charge in [-0.15, -0.1) is 0 Å². The number of carbonyl (C=O) groups is 2. The molecule has 0 saturated carbocycles. The topological polar surface area (TPSA) is 63.6 Å². The Kier molecular flexibility index (Phi) is 6.92. The maximum Gasteiger partial charge on any atom is 0.333 e. The molecule has 0 aliphatic heterocycles. The molecule has 0 spiro atoms. The lowest BCUT2D eigenvalue weighted by Crippen LogP contribution is -2.08. The van der Waals surface area contributed by atoms with Crippen LogP contribution in [0, 0.1) is 0 Å². The number of aliphatic carboxylic acids is 1. The van der Waals surface area contributed by atoms with Crippen molar-refractivity contribution in [3.05, 3.63) is 12.2 Å². The second kappa shape index (κ2) is 7.44. The molecule has 0 fully saturated rings. The van der Waals surface area contributed by atoms with E-state index in [1.807, 2.05) is 0 Å². The third kappa shape index (κ3) is 7.67. The molecule has 1 N–H and O–H groups in total. The summed E-state index contributed by atoms with van der Waals surface area (Å²) >= 11 is 1.45. The van der Waals surface area contributed by atoms with Gasteiger partial charge in [-0.05, 0) is 6.92 Å². The molecule has 0 aliphatic carbocycles. The summed E-state index contributed by atoms with van der Waals surface area (Å²) in [5.74, 6) is -0.0491. The monoisotopic (exact) mass is 218 g/mol. The second-order valence-electron chi connectivity index (χ2n) is 2.67. The van der Waals surface area contributed by atoms with Crippen molar-refractivity contribution < 1.29 is 19.4 Å². The minimum atomic E-state index is -0.809. The fraction of sp³-hybridized carbons (Fsp3) is 0.556. The number of esters is 1. The molecular weight excluding hydrogens is 204 g/mol. The first kappa shape index (κ1) is 13.0. The smallest absolute Gasteiger partial charge is 0.333 e. The molecule has 0 saturated heterocycles. The van der Waals surface area contributed by atoms with Crippen molar-refractivity contribution in [2.75, 3.05) is 18.1 Å². The number of hydrogen-bond acceptors (Lipinski definition) is 4. The number of hydrogen-bond donors (Lipinski definition) is 1. The van der Waals surface area contributed by atoms with Gasteiger partial charge in [-0.2, -0.15) is 11.8 Å². The van der Waals surface area contributed by atoms with E-state index in [2.05, 4.69) is 6.58 Å². The lowest BCUT2D eigenvalue weighted by atomic mass is 10.4. The van der Waals surface area contributed by atoms with Crippen LogP contribution in [0.5, 0.6) is 0 Å². The molecular formula is C9H14O4S. The van der Waals surface area contributed by atoms with Crippen molar-refractivity contribution in [3.8, 4) is 0 Å². The van der Waals surface area contributed by atoms with E-state index in [4.69, 9.17) is 9.84 Å². The van der Waals surface area contributed by atoms with E-state index in [1.165, 1.54) is 11.8 Å². The first-order chi connectivity index (χ1) is 6.54. The first-order valence-corrected chi connectivity index (χ1v) is 5.31. The van der Waals surface area contributed by atoms with Crippen molar-refractivity contribution in [1.29, 1.82) is 0 Å². The summed E-state index contributed by atoms with van der Waals surface area (Å²) in [5, 5.41) is 8.32. The van der Waals surface area contributed by atoms with Gasteiger partial charge in [-0.1, -0.05) is 6.58 Å². The Morgan fingerprint density at radius 2 is 2.07 bits per heavy atom. The van der Waals surface area contributed by atoms with Gasteiger partial charge in [0, 0.05) is 17.1 Å². The van der Waals surface area contributed by atoms with Crippen LogP contribution in [0.1, 0.15) is 13.3 Å². The van der Waals surface area contributed by atoms with Gasteiger partial charge in [0.25, 0.3) is 0 Å². The summed E-state index contributed by atoms with van der Waals surface area (Å²) in [6.45, 7) is 5.32. The highest BCUT2D eigenvalue weighted by Crippen LogP contribution is 2.02. The Labute approximate surface area is 87.3 Å². The Balaban J connectivity index is 3.26. The summed E-state index contributed by atoms with van der Waals surface area (Å²) in [5.41, 5.74) is 0.375. The Morgan fingerprint density at radius 1 is 1.43 bits per heavy atom. The summed E-state index contributed by atoms with van der Waals surface area (Å²) in [6, 6.07) is 0. The van der Waals surface area contributed by atoms with Crippen LogP contribution < -0.4 is 0 Å².